The zero-order valence-corrected chi connectivity index (χ0v) is 13.8. The second-order valence-electron chi connectivity index (χ2n) is 5.92. The number of rotatable bonds is 5. The van der Waals surface area contributed by atoms with Gasteiger partial charge in [-0.2, -0.15) is 26.3 Å². The standard InChI is InChI=1S/C17H12F8N2O/c18-14(19)9-1-6-12(27-8-9)13(28)7-15(26,17(23,24)25)10-2-4-11(5-3-10)16(20,21)22/h1-6,8,14H,7,26H2. The molecule has 28 heavy (non-hydrogen) atoms. The number of carbonyl (C=O) groups excluding carboxylic acids is 1. The number of pyridine rings is 1. The zero-order chi connectivity index (χ0) is 21.3. The van der Waals surface area contributed by atoms with Crippen molar-refractivity contribution in [2.75, 3.05) is 0 Å². The number of ketones is 1. The molecule has 0 aliphatic rings. The Kier molecular flexibility index (Phi) is 5.79. The summed E-state index contributed by atoms with van der Waals surface area (Å²) in [4.78, 5) is 15.6. The molecule has 1 unspecified atom stereocenters. The molecule has 1 atom stereocenters. The van der Waals surface area contributed by atoms with Crippen LogP contribution in [0.1, 0.15) is 40.0 Å². The van der Waals surface area contributed by atoms with Gasteiger partial charge in [0.15, 0.2) is 5.78 Å². The van der Waals surface area contributed by atoms with Gasteiger partial charge >= 0.3 is 12.4 Å². The van der Waals surface area contributed by atoms with Crippen LogP contribution in [0.3, 0.4) is 0 Å². The predicted molar refractivity (Wildman–Crippen MR) is 81.5 cm³/mol. The Morgan fingerprint density at radius 2 is 1.46 bits per heavy atom. The molecule has 0 spiro atoms. The lowest BCUT2D eigenvalue weighted by Crippen LogP contribution is -2.51. The molecule has 0 saturated heterocycles. The SMILES string of the molecule is NC(CC(=O)c1ccc(C(F)F)cn1)(c1ccc(C(F)(F)F)cc1)C(F)(F)F. The molecule has 0 amide bonds. The molecule has 1 aromatic heterocycles. The van der Waals surface area contributed by atoms with E-state index in [0.29, 0.717) is 30.5 Å². The predicted octanol–water partition coefficient (Wildman–Crippen LogP) is 5.03. The fraction of sp³-hybridized carbons (Fsp3) is 0.294. The van der Waals surface area contributed by atoms with E-state index in [4.69, 9.17) is 5.73 Å². The van der Waals surface area contributed by atoms with Crippen LogP contribution in [0.25, 0.3) is 0 Å². The second kappa shape index (κ2) is 7.46. The lowest BCUT2D eigenvalue weighted by atomic mass is 9.84. The zero-order valence-electron chi connectivity index (χ0n) is 13.8. The highest BCUT2D eigenvalue weighted by atomic mass is 19.4. The molecule has 11 heteroatoms. The van der Waals surface area contributed by atoms with Crippen molar-refractivity contribution in [1.82, 2.24) is 4.98 Å². The first-order valence-electron chi connectivity index (χ1n) is 7.56. The van der Waals surface area contributed by atoms with Crippen molar-refractivity contribution in [3.05, 3.63) is 65.0 Å². The average molecular weight is 412 g/mol. The molecule has 2 rings (SSSR count). The first-order valence-corrected chi connectivity index (χ1v) is 7.56. The average Bonchev–Trinajstić information content (AvgIpc) is 2.60. The van der Waals surface area contributed by atoms with Gasteiger partial charge in [-0.15, -0.1) is 0 Å². The number of carbonyl (C=O) groups is 1. The van der Waals surface area contributed by atoms with Gasteiger partial charge < -0.3 is 5.73 Å². The van der Waals surface area contributed by atoms with Gasteiger partial charge in [-0.05, 0) is 29.8 Å². The lowest BCUT2D eigenvalue weighted by molar-refractivity contribution is -0.188. The summed E-state index contributed by atoms with van der Waals surface area (Å²) in [6.45, 7) is 0. The monoisotopic (exact) mass is 412 g/mol. The van der Waals surface area contributed by atoms with Gasteiger partial charge in [-0.1, -0.05) is 12.1 Å². The Hall–Kier alpha value is -2.56. The van der Waals surface area contributed by atoms with Gasteiger partial charge in [0.2, 0.25) is 0 Å². The van der Waals surface area contributed by atoms with Crippen LogP contribution >= 0.6 is 0 Å². The van der Waals surface area contributed by atoms with E-state index in [-0.39, 0.29) is 0 Å². The van der Waals surface area contributed by atoms with E-state index in [1.165, 1.54) is 0 Å². The van der Waals surface area contributed by atoms with Crippen molar-refractivity contribution in [3.63, 3.8) is 0 Å². The molecule has 2 N–H and O–H groups in total. The van der Waals surface area contributed by atoms with E-state index < -0.39 is 58.9 Å². The van der Waals surface area contributed by atoms with Crippen LogP contribution in [0, 0.1) is 0 Å². The summed E-state index contributed by atoms with van der Waals surface area (Å²) in [6, 6.07) is 3.57. The Morgan fingerprint density at radius 3 is 1.86 bits per heavy atom. The summed E-state index contributed by atoms with van der Waals surface area (Å²) in [5.74, 6) is -1.21. The molecule has 1 heterocycles. The molecule has 0 radical (unpaired) electrons. The van der Waals surface area contributed by atoms with Gasteiger partial charge in [0, 0.05) is 18.2 Å². The maximum absolute atomic E-state index is 13.6. The number of hydrogen-bond acceptors (Lipinski definition) is 3. The van der Waals surface area contributed by atoms with E-state index in [1.807, 2.05) is 0 Å². The van der Waals surface area contributed by atoms with Crippen molar-refractivity contribution in [2.45, 2.75) is 30.7 Å². The van der Waals surface area contributed by atoms with Gasteiger partial charge in [0.25, 0.3) is 6.43 Å². The van der Waals surface area contributed by atoms with E-state index in [9.17, 15) is 39.9 Å². The third kappa shape index (κ3) is 4.46. The van der Waals surface area contributed by atoms with Gasteiger partial charge in [-0.25, -0.2) is 8.78 Å². The van der Waals surface area contributed by atoms with E-state index in [0.717, 1.165) is 12.1 Å². The summed E-state index contributed by atoms with van der Waals surface area (Å²) in [7, 11) is 0. The van der Waals surface area contributed by atoms with E-state index in [1.54, 1.807) is 0 Å². The maximum Gasteiger partial charge on any atom is 0.416 e. The number of alkyl halides is 8. The maximum atomic E-state index is 13.6. The van der Waals surface area contributed by atoms with Crippen molar-refractivity contribution in [3.8, 4) is 0 Å². The van der Waals surface area contributed by atoms with Crippen LogP contribution in [0.2, 0.25) is 0 Å². The van der Waals surface area contributed by atoms with E-state index in [2.05, 4.69) is 4.98 Å². The summed E-state index contributed by atoms with van der Waals surface area (Å²) >= 11 is 0. The molecule has 1 aromatic carbocycles. The van der Waals surface area contributed by atoms with Crippen LogP contribution < -0.4 is 5.73 Å². The molecular weight excluding hydrogens is 400 g/mol. The largest absolute Gasteiger partial charge is 0.416 e. The summed E-state index contributed by atoms with van der Waals surface area (Å²) in [6.07, 6.45) is -13.6. The molecule has 0 fully saturated rings. The van der Waals surface area contributed by atoms with Crippen molar-refractivity contribution >= 4 is 5.78 Å². The quantitative estimate of drug-likeness (QED) is 0.554. The van der Waals surface area contributed by atoms with Crippen LogP contribution in [0.4, 0.5) is 35.1 Å². The number of aromatic nitrogens is 1. The minimum atomic E-state index is -5.19. The summed E-state index contributed by atoms with van der Waals surface area (Å²) in [5.41, 5.74) is -0.905. The molecule has 0 saturated carbocycles. The normalized spacial score (nSPS) is 14.8. The minimum absolute atomic E-state index is 0.419. The van der Waals surface area contributed by atoms with Gasteiger partial charge in [0.05, 0.1) is 5.56 Å². The highest BCUT2D eigenvalue weighted by Crippen LogP contribution is 2.41. The highest BCUT2D eigenvalue weighted by molar-refractivity contribution is 5.95. The third-order valence-electron chi connectivity index (χ3n) is 4.00. The fourth-order valence-corrected chi connectivity index (χ4v) is 2.37. The first kappa shape index (κ1) is 21.7. The number of nitrogens with zero attached hydrogens (tertiary/aromatic N) is 1. The van der Waals surface area contributed by atoms with Crippen LogP contribution in [0.5, 0.6) is 0 Å². The number of nitrogens with two attached hydrogens (primary N) is 1. The first-order chi connectivity index (χ1) is 12.8. The van der Waals surface area contributed by atoms with Crippen molar-refractivity contribution in [2.24, 2.45) is 5.73 Å². The fourth-order valence-electron chi connectivity index (χ4n) is 2.37. The van der Waals surface area contributed by atoms with Crippen molar-refractivity contribution in [1.29, 1.82) is 0 Å². The number of hydrogen-bond donors (Lipinski definition) is 1. The molecule has 3 nitrogen and oxygen atoms in total. The Balaban J connectivity index is 2.36. The number of Topliss-reactive ketones (excluding diaryl/α,β-unsaturated/α-hetero) is 1. The molecule has 152 valence electrons. The molecule has 0 bridgehead atoms. The second-order valence-corrected chi connectivity index (χ2v) is 5.92. The smallest absolute Gasteiger partial charge is 0.314 e. The number of halogens is 8. The summed E-state index contributed by atoms with van der Waals surface area (Å²) < 4.78 is 103. The third-order valence-corrected chi connectivity index (χ3v) is 4.00. The highest BCUT2D eigenvalue weighted by Gasteiger charge is 2.54. The Labute approximate surface area is 153 Å². The van der Waals surface area contributed by atoms with Crippen molar-refractivity contribution < 1.29 is 39.9 Å². The van der Waals surface area contributed by atoms with Gasteiger partial charge in [0.1, 0.15) is 11.2 Å². The molecular formula is C17H12F8N2O. The van der Waals surface area contributed by atoms with Crippen LogP contribution in [0.15, 0.2) is 42.6 Å². The Bertz CT molecular complexity index is 828. The topological polar surface area (TPSA) is 56.0 Å². The van der Waals surface area contributed by atoms with Crippen LogP contribution in [-0.2, 0) is 11.7 Å². The molecule has 0 aliphatic carbocycles. The summed E-state index contributed by atoms with van der Waals surface area (Å²) in [5, 5.41) is 0. The van der Waals surface area contributed by atoms with E-state index >= 15 is 0 Å². The molecule has 0 aliphatic heterocycles. The molecule has 2 aromatic rings. The lowest BCUT2D eigenvalue weighted by Gasteiger charge is -2.32. The Morgan fingerprint density at radius 1 is 0.929 bits per heavy atom. The van der Waals surface area contributed by atoms with Crippen LogP contribution in [-0.4, -0.2) is 16.9 Å². The van der Waals surface area contributed by atoms with Gasteiger partial charge in [-0.3, -0.25) is 9.78 Å². The minimum Gasteiger partial charge on any atom is -0.314 e. The number of benzene rings is 1.